The summed E-state index contributed by atoms with van der Waals surface area (Å²) >= 11 is 0. The Morgan fingerprint density at radius 3 is 2.75 bits per heavy atom. The number of non-ortho nitro benzene ring substituents is 1. The Labute approximate surface area is 93.8 Å². The number of aliphatic hydroxyl groups excluding tert-OH is 1. The summed E-state index contributed by atoms with van der Waals surface area (Å²) in [7, 11) is 0. The van der Waals surface area contributed by atoms with Gasteiger partial charge in [0.15, 0.2) is 0 Å². The average molecular weight is 225 g/mol. The van der Waals surface area contributed by atoms with Gasteiger partial charge < -0.3 is 9.84 Å². The number of nitro groups is 1. The van der Waals surface area contributed by atoms with Crippen LogP contribution in [0.1, 0.15) is 31.9 Å². The largest absolute Gasteiger partial charge is 0.493 e. The molecule has 0 fully saturated rings. The van der Waals surface area contributed by atoms with Crippen LogP contribution < -0.4 is 4.74 Å². The zero-order valence-electron chi connectivity index (χ0n) is 9.34. The lowest BCUT2D eigenvalue weighted by molar-refractivity contribution is -0.385. The fourth-order valence-corrected chi connectivity index (χ4v) is 1.32. The second kappa shape index (κ2) is 5.46. The molecule has 0 heterocycles. The molecule has 0 bridgehead atoms. The predicted molar refractivity (Wildman–Crippen MR) is 59.5 cm³/mol. The lowest BCUT2D eigenvalue weighted by Gasteiger charge is -2.12. The van der Waals surface area contributed by atoms with E-state index in [9.17, 15) is 15.2 Å². The molecule has 0 aliphatic heterocycles. The average Bonchev–Trinajstić information content (AvgIpc) is 2.25. The summed E-state index contributed by atoms with van der Waals surface area (Å²) in [4.78, 5) is 10.1. The smallest absolute Gasteiger partial charge is 0.270 e. The molecule has 16 heavy (non-hydrogen) atoms. The molecule has 0 aromatic heterocycles. The van der Waals surface area contributed by atoms with Gasteiger partial charge in [0.05, 0.1) is 17.6 Å². The number of hydrogen-bond donors (Lipinski definition) is 1. The van der Waals surface area contributed by atoms with E-state index < -0.39 is 11.0 Å². The molecule has 1 atom stereocenters. The highest BCUT2D eigenvalue weighted by Gasteiger charge is 2.14. The van der Waals surface area contributed by atoms with E-state index in [1.54, 1.807) is 6.92 Å². The number of nitrogens with zero attached hydrogens (tertiary/aromatic N) is 1. The molecule has 0 saturated carbocycles. The fraction of sp³-hybridized carbons (Fsp3) is 0.455. The van der Waals surface area contributed by atoms with Gasteiger partial charge in [0.2, 0.25) is 0 Å². The summed E-state index contributed by atoms with van der Waals surface area (Å²) in [5.41, 5.74) is 0.405. The molecule has 0 aliphatic carbocycles. The number of benzene rings is 1. The van der Waals surface area contributed by atoms with Crippen molar-refractivity contribution in [1.29, 1.82) is 0 Å². The SMILES string of the molecule is CCCOc1ccc([N+](=O)[O-])cc1[C@H](C)O. The highest BCUT2D eigenvalue weighted by Crippen LogP contribution is 2.29. The van der Waals surface area contributed by atoms with Gasteiger partial charge in [-0.2, -0.15) is 0 Å². The summed E-state index contributed by atoms with van der Waals surface area (Å²) in [6.07, 6.45) is 0.0581. The first kappa shape index (κ1) is 12.4. The van der Waals surface area contributed by atoms with E-state index in [4.69, 9.17) is 4.74 Å². The van der Waals surface area contributed by atoms with Crippen LogP contribution in [0, 0.1) is 10.1 Å². The second-order valence-corrected chi connectivity index (χ2v) is 3.50. The summed E-state index contributed by atoms with van der Waals surface area (Å²) in [6.45, 7) is 4.04. The van der Waals surface area contributed by atoms with Crippen molar-refractivity contribution in [2.75, 3.05) is 6.61 Å². The zero-order valence-corrected chi connectivity index (χ0v) is 9.34. The lowest BCUT2D eigenvalue weighted by atomic mass is 10.1. The Morgan fingerprint density at radius 2 is 2.25 bits per heavy atom. The Balaban J connectivity index is 3.04. The number of rotatable bonds is 5. The molecule has 5 heteroatoms. The van der Waals surface area contributed by atoms with Crippen LogP contribution in [0.15, 0.2) is 18.2 Å². The second-order valence-electron chi connectivity index (χ2n) is 3.50. The third-order valence-electron chi connectivity index (χ3n) is 2.12. The number of hydrogen-bond acceptors (Lipinski definition) is 4. The molecule has 88 valence electrons. The molecule has 1 aromatic rings. The van der Waals surface area contributed by atoms with Crippen molar-refractivity contribution in [2.45, 2.75) is 26.4 Å². The number of ether oxygens (including phenoxy) is 1. The van der Waals surface area contributed by atoms with Gasteiger partial charge in [-0.25, -0.2) is 0 Å². The van der Waals surface area contributed by atoms with Crippen LogP contribution in [-0.2, 0) is 0 Å². The molecule has 1 rings (SSSR count). The molecule has 0 radical (unpaired) electrons. The van der Waals surface area contributed by atoms with Gasteiger partial charge in [-0.05, 0) is 19.4 Å². The molecule has 1 aromatic carbocycles. The van der Waals surface area contributed by atoms with Gasteiger partial charge in [0.25, 0.3) is 5.69 Å². The number of aliphatic hydroxyl groups is 1. The fourth-order valence-electron chi connectivity index (χ4n) is 1.32. The minimum atomic E-state index is -0.785. The van der Waals surface area contributed by atoms with E-state index in [0.717, 1.165) is 6.42 Å². The number of nitro benzene ring substituents is 1. The van der Waals surface area contributed by atoms with E-state index in [1.807, 2.05) is 6.92 Å². The van der Waals surface area contributed by atoms with Crippen LogP contribution in [0.5, 0.6) is 5.75 Å². The summed E-state index contributed by atoms with van der Waals surface area (Å²) in [5, 5.41) is 20.1. The van der Waals surface area contributed by atoms with Crippen LogP contribution in [0.4, 0.5) is 5.69 Å². The maximum Gasteiger partial charge on any atom is 0.270 e. The van der Waals surface area contributed by atoms with Crippen molar-refractivity contribution < 1.29 is 14.8 Å². The minimum Gasteiger partial charge on any atom is -0.493 e. The predicted octanol–water partition coefficient (Wildman–Crippen LogP) is 2.44. The molecule has 0 saturated heterocycles. The standard InChI is InChI=1S/C11H15NO4/c1-3-6-16-11-5-4-9(12(14)15)7-10(11)8(2)13/h4-5,7-8,13H,3,6H2,1-2H3/t8-/m0/s1. The Morgan fingerprint density at radius 1 is 1.56 bits per heavy atom. The van der Waals surface area contributed by atoms with Crippen molar-refractivity contribution in [3.05, 3.63) is 33.9 Å². The van der Waals surface area contributed by atoms with Crippen LogP contribution >= 0.6 is 0 Å². The van der Waals surface area contributed by atoms with E-state index in [0.29, 0.717) is 17.9 Å². The maximum absolute atomic E-state index is 10.6. The third kappa shape index (κ3) is 2.93. The maximum atomic E-state index is 10.6. The molecule has 0 spiro atoms. The first-order valence-corrected chi connectivity index (χ1v) is 5.15. The topological polar surface area (TPSA) is 72.6 Å². The van der Waals surface area contributed by atoms with Gasteiger partial charge in [-0.3, -0.25) is 10.1 Å². The Kier molecular flexibility index (Phi) is 4.25. The highest BCUT2D eigenvalue weighted by atomic mass is 16.6. The van der Waals surface area contributed by atoms with E-state index in [2.05, 4.69) is 0 Å². The van der Waals surface area contributed by atoms with Gasteiger partial charge in [0, 0.05) is 17.7 Å². The molecular weight excluding hydrogens is 210 g/mol. The summed E-state index contributed by atoms with van der Waals surface area (Å²) < 4.78 is 5.40. The molecule has 0 aliphatic rings. The van der Waals surface area contributed by atoms with Gasteiger partial charge in [0.1, 0.15) is 5.75 Å². The van der Waals surface area contributed by atoms with Crippen molar-refractivity contribution in [2.24, 2.45) is 0 Å². The van der Waals surface area contributed by atoms with Crippen molar-refractivity contribution in [3.63, 3.8) is 0 Å². The Hall–Kier alpha value is -1.62. The third-order valence-corrected chi connectivity index (χ3v) is 2.12. The van der Waals surface area contributed by atoms with Gasteiger partial charge >= 0.3 is 0 Å². The Bertz CT molecular complexity index is 376. The first-order chi connectivity index (χ1) is 7.56. The molecule has 0 amide bonds. The van der Waals surface area contributed by atoms with E-state index in [1.165, 1.54) is 18.2 Å². The van der Waals surface area contributed by atoms with Crippen molar-refractivity contribution >= 4 is 5.69 Å². The van der Waals surface area contributed by atoms with Crippen LogP contribution in [0.2, 0.25) is 0 Å². The van der Waals surface area contributed by atoms with Crippen LogP contribution in [-0.4, -0.2) is 16.6 Å². The quantitative estimate of drug-likeness (QED) is 0.617. The van der Waals surface area contributed by atoms with Gasteiger partial charge in [-0.1, -0.05) is 6.92 Å². The van der Waals surface area contributed by atoms with Crippen molar-refractivity contribution in [1.82, 2.24) is 0 Å². The van der Waals surface area contributed by atoms with E-state index in [-0.39, 0.29) is 5.69 Å². The summed E-state index contributed by atoms with van der Waals surface area (Å²) in [6, 6.07) is 4.24. The van der Waals surface area contributed by atoms with Crippen LogP contribution in [0.3, 0.4) is 0 Å². The monoisotopic (exact) mass is 225 g/mol. The van der Waals surface area contributed by atoms with Crippen molar-refractivity contribution in [3.8, 4) is 5.75 Å². The molecular formula is C11H15NO4. The zero-order chi connectivity index (χ0) is 12.1. The first-order valence-electron chi connectivity index (χ1n) is 5.15. The normalized spacial score (nSPS) is 12.2. The highest BCUT2D eigenvalue weighted by molar-refractivity contribution is 5.44. The van der Waals surface area contributed by atoms with Gasteiger partial charge in [-0.15, -0.1) is 0 Å². The van der Waals surface area contributed by atoms with E-state index >= 15 is 0 Å². The molecule has 0 unspecified atom stereocenters. The molecule has 5 nitrogen and oxygen atoms in total. The molecule has 1 N–H and O–H groups in total. The van der Waals surface area contributed by atoms with Crippen LogP contribution in [0.25, 0.3) is 0 Å². The minimum absolute atomic E-state index is 0.0419. The lowest BCUT2D eigenvalue weighted by Crippen LogP contribution is -2.02. The summed E-state index contributed by atoms with van der Waals surface area (Å²) in [5.74, 6) is 0.502.